The molecule has 1 N–H and O–H groups in total. The van der Waals surface area contributed by atoms with Crippen LogP contribution in [0.5, 0.6) is 5.75 Å². The number of para-hydroxylation sites is 1. The Labute approximate surface area is 185 Å². The van der Waals surface area contributed by atoms with Gasteiger partial charge in [0.15, 0.2) is 0 Å². The lowest BCUT2D eigenvalue weighted by atomic mass is 10.2. The van der Waals surface area contributed by atoms with E-state index in [1.165, 1.54) is 24.4 Å². The minimum Gasteiger partial charge on any atom is -0.488 e. The van der Waals surface area contributed by atoms with Gasteiger partial charge in [0.25, 0.3) is 11.2 Å². The predicted octanol–water partition coefficient (Wildman–Crippen LogP) is 3.71. The summed E-state index contributed by atoms with van der Waals surface area (Å²) in [7, 11) is 0. The van der Waals surface area contributed by atoms with Crippen LogP contribution in [0.2, 0.25) is 5.02 Å². The maximum Gasteiger partial charge on any atom is 0.349 e. The molecule has 9 nitrogen and oxygen atoms in total. The van der Waals surface area contributed by atoms with Crippen LogP contribution in [0.3, 0.4) is 0 Å². The number of benzene rings is 3. The molecule has 0 bridgehead atoms. The second kappa shape index (κ2) is 8.86. The second-order valence-corrected chi connectivity index (χ2v) is 7.17. The highest BCUT2D eigenvalue weighted by molar-refractivity contribution is 6.30. The molecule has 32 heavy (non-hydrogen) atoms. The number of nitrogens with zero attached hydrogens (tertiary/aromatic N) is 3. The van der Waals surface area contributed by atoms with Crippen molar-refractivity contribution in [1.82, 2.24) is 9.66 Å². The molecule has 0 amide bonds. The van der Waals surface area contributed by atoms with Crippen LogP contribution < -0.4 is 16.0 Å². The number of nitro benzene ring substituents is 1. The second-order valence-electron chi connectivity index (χ2n) is 6.73. The molecule has 0 aliphatic rings. The number of nitrogens with one attached hydrogen (secondary N) is 1. The molecule has 1 heterocycles. The number of H-pyrrole nitrogens is 1. The SMILES string of the molecule is O=c1[nH]c2ccccc2c(=O)n1N=Cc1cc([N+](=O)[O-])ccc1OCc1ccc(Cl)cc1. The average molecular weight is 451 g/mol. The number of rotatable bonds is 6. The van der Waals surface area contributed by atoms with Gasteiger partial charge in [-0.25, -0.2) is 4.79 Å². The monoisotopic (exact) mass is 450 g/mol. The lowest BCUT2D eigenvalue weighted by Crippen LogP contribution is -2.32. The highest BCUT2D eigenvalue weighted by Crippen LogP contribution is 2.24. The standard InChI is InChI=1S/C22H15ClN4O5/c23-16-7-5-14(6-8-16)13-32-20-10-9-17(27(30)31)11-15(20)12-24-26-21(28)18-3-1-2-4-19(18)25-22(26)29/h1-12H,13H2,(H,25,29). The molecule has 4 aromatic rings. The third kappa shape index (κ3) is 4.42. The Morgan fingerprint density at radius 3 is 2.59 bits per heavy atom. The van der Waals surface area contributed by atoms with Crippen LogP contribution in [0.25, 0.3) is 10.9 Å². The van der Waals surface area contributed by atoms with E-state index in [0.717, 1.165) is 5.56 Å². The maximum atomic E-state index is 12.6. The smallest absolute Gasteiger partial charge is 0.349 e. The Balaban J connectivity index is 1.71. The number of aromatic amines is 1. The first kappa shape index (κ1) is 21.0. The van der Waals surface area contributed by atoms with Crippen LogP contribution in [0.15, 0.2) is 81.4 Å². The van der Waals surface area contributed by atoms with E-state index in [1.54, 1.807) is 48.5 Å². The zero-order valence-corrected chi connectivity index (χ0v) is 17.2. The molecular formula is C22H15ClN4O5. The zero-order chi connectivity index (χ0) is 22.7. The van der Waals surface area contributed by atoms with Gasteiger partial charge in [-0.1, -0.05) is 35.9 Å². The number of nitro groups is 1. The summed E-state index contributed by atoms with van der Waals surface area (Å²) in [4.78, 5) is 38.2. The van der Waals surface area contributed by atoms with Gasteiger partial charge in [-0.15, -0.1) is 4.68 Å². The fourth-order valence-corrected chi connectivity index (χ4v) is 3.13. The van der Waals surface area contributed by atoms with E-state index in [4.69, 9.17) is 16.3 Å². The molecule has 0 atom stereocenters. The van der Waals surface area contributed by atoms with E-state index in [0.29, 0.717) is 21.0 Å². The van der Waals surface area contributed by atoms with Crippen LogP contribution in [0.4, 0.5) is 5.69 Å². The third-order valence-corrected chi connectivity index (χ3v) is 4.86. The van der Waals surface area contributed by atoms with E-state index in [2.05, 4.69) is 10.1 Å². The molecule has 0 fully saturated rings. The van der Waals surface area contributed by atoms with Crippen molar-refractivity contribution in [2.24, 2.45) is 5.10 Å². The van der Waals surface area contributed by atoms with E-state index in [9.17, 15) is 19.7 Å². The molecular weight excluding hydrogens is 436 g/mol. The minimum absolute atomic E-state index is 0.173. The Bertz CT molecular complexity index is 1460. The van der Waals surface area contributed by atoms with Crippen molar-refractivity contribution >= 4 is 34.4 Å². The van der Waals surface area contributed by atoms with Gasteiger partial charge in [-0.05, 0) is 35.9 Å². The number of ether oxygens (including phenoxy) is 1. The van der Waals surface area contributed by atoms with E-state index >= 15 is 0 Å². The first-order valence-electron chi connectivity index (χ1n) is 9.36. The molecule has 3 aromatic carbocycles. The number of hydrogen-bond acceptors (Lipinski definition) is 6. The van der Waals surface area contributed by atoms with Crippen LogP contribution in [0.1, 0.15) is 11.1 Å². The Kier molecular flexibility index (Phi) is 5.82. The van der Waals surface area contributed by atoms with Crippen molar-refractivity contribution in [1.29, 1.82) is 0 Å². The number of halogens is 1. The molecule has 0 saturated heterocycles. The van der Waals surface area contributed by atoms with Crippen molar-refractivity contribution in [3.8, 4) is 5.75 Å². The zero-order valence-electron chi connectivity index (χ0n) is 16.4. The Morgan fingerprint density at radius 1 is 1.09 bits per heavy atom. The van der Waals surface area contributed by atoms with Gasteiger partial charge in [0.05, 0.1) is 22.0 Å². The number of hydrogen-bond donors (Lipinski definition) is 1. The molecule has 0 aliphatic carbocycles. The normalized spacial score (nSPS) is 11.2. The molecule has 0 radical (unpaired) electrons. The van der Waals surface area contributed by atoms with Gasteiger partial charge in [-0.3, -0.25) is 14.9 Å². The Morgan fingerprint density at radius 2 is 1.84 bits per heavy atom. The maximum absolute atomic E-state index is 12.6. The highest BCUT2D eigenvalue weighted by atomic mass is 35.5. The summed E-state index contributed by atoms with van der Waals surface area (Å²) in [6, 6.07) is 17.5. The first-order valence-corrected chi connectivity index (χ1v) is 9.74. The van der Waals surface area contributed by atoms with Gasteiger partial charge >= 0.3 is 5.69 Å². The number of aromatic nitrogens is 2. The molecule has 0 saturated carbocycles. The van der Waals surface area contributed by atoms with Gasteiger partial charge in [0.2, 0.25) is 0 Å². The van der Waals surface area contributed by atoms with Gasteiger partial charge < -0.3 is 9.72 Å². The predicted molar refractivity (Wildman–Crippen MR) is 121 cm³/mol. The molecule has 0 aliphatic heterocycles. The quantitative estimate of drug-likeness (QED) is 0.273. The summed E-state index contributed by atoms with van der Waals surface area (Å²) < 4.78 is 6.44. The van der Waals surface area contributed by atoms with Crippen molar-refractivity contribution in [2.45, 2.75) is 6.61 Å². The number of fused-ring (bicyclic) bond motifs is 1. The van der Waals surface area contributed by atoms with E-state index in [-0.39, 0.29) is 23.2 Å². The van der Waals surface area contributed by atoms with Crippen molar-refractivity contribution in [3.63, 3.8) is 0 Å². The molecule has 4 rings (SSSR count). The molecule has 0 spiro atoms. The summed E-state index contributed by atoms with van der Waals surface area (Å²) in [5, 5.41) is 16.0. The van der Waals surface area contributed by atoms with Gasteiger partial charge in [0, 0.05) is 22.7 Å². The fourth-order valence-electron chi connectivity index (χ4n) is 3.00. The molecule has 10 heteroatoms. The summed E-state index contributed by atoms with van der Waals surface area (Å²) in [5.41, 5.74) is -0.0968. The molecule has 0 unspecified atom stereocenters. The lowest BCUT2D eigenvalue weighted by Gasteiger charge is -2.09. The highest BCUT2D eigenvalue weighted by Gasteiger charge is 2.12. The molecule has 1 aromatic heterocycles. The van der Waals surface area contributed by atoms with Crippen molar-refractivity contribution < 1.29 is 9.66 Å². The van der Waals surface area contributed by atoms with Crippen LogP contribution in [-0.2, 0) is 6.61 Å². The largest absolute Gasteiger partial charge is 0.488 e. The van der Waals surface area contributed by atoms with E-state index in [1.807, 2.05) is 0 Å². The molecule has 160 valence electrons. The Hall–Kier alpha value is -4.24. The summed E-state index contributed by atoms with van der Waals surface area (Å²) in [6.07, 6.45) is 1.18. The van der Waals surface area contributed by atoms with E-state index < -0.39 is 16.2 Å². The van der Waals surface area contributed by atoms with Crippen LogP contribution >= 0.6 is 11.6 Å². The summed E-state index contributed by atoms with van der Waals surface area (Å²) in [6.45, 7) is 0.173. The number of non-ortho nitro benzene ring substituents is 1. The van der Waals surface area contributed by atoms with Crippen LogP contribution in [0, 0.1) is 10.1 Å². The van der Waals surface area contributed by atoms with Crippen LogP contribution in [-0.4, -0.2) is 20.8 Å². The van der Waals surface area contributed by atoms with Crippen molar-refractivity contribution in [3.05, 3.63) is 114 Å². The van der Waals surface area contributed by atoms with Gasteiger partial charge in [-0.2, -0.15) is 5.10 Å². The topological polar surface area (TPSA) is 120 Å². The van der Waals surface area contributed by atoms with Crippen molar-refractivity contribution in [2.75, 3.05) is 0 Å². The average Bonchev–Trinajstić information content (AvgIpc) is 2.79. The lowest BCUT2D eigenvalue weighted by molar-refractivity contribution is -0.384. The third-order valence-electron chi connectivity index (χ3n) is 4.61. The van der Waals surface area contributed by atoms with Gasteiger partial charge in [0.1, 0.15) is 12.4 Å². The minimum atomic E-state index is -0.737. The summed E-state index contributed by atoms with van der Waals surface area (Å²) >= 11 is 5.88. The first-order chi connectivity index (χ1) is 15.4. The summed E-state index contributed by atoms with van der Waals surface area (Å²) in [5.74, 6) is 0.291. The fraction of sp³-hybridized carbons (Fsp3) is 0.0455.